The predicted octanol–water partition coefficient (Wildman–Crippen LogP) is -0.737. The molecule has 0 fully saturated rings. The SMILES string of the molecule is [Er+3].[Ga+3].[O-2].[O-2].[O-2]. The van der Waals surface area contributed by atoms with Crippen LogP contribution in [0.1, 0.15) is 0 Å². The fourth-order valence-corrected chi connectivity index (χ4v) is 0. The van der Waals surface area contributed by atoms with Crippen molar-refractivity contribution in [3.05, 3.63) is 0 Å². The van der Waals surface area contributed by atoms with Gasteiger partial charge < -0.3 is 16.4 Å². The maximum Gasteiger partial charge on any atom is 3.00 e. The Morgan fingerprint density at radius 2 is 0.600 bits per heavy atom. The Bertz CT molecular complexity index is 6.85. The molecule has 0 aliphatic carbocycles. The Balaban J connectivity index is 0. The molecule has 0 amide bonds. The van der Waals surface area contributed by atoms with Crippen molar-refractivity contribution in [2.24, 2.45) is 0 Å². The molecule has 5 heavy (non-hydrogen) atoms. The van der Waals surface area contributed by atoms with Gasteiger partial charge in [0, 0.05) is 0 Å². The number of hydrogen-bond acceptors (Lipinski definition) is 0. The van der Waals surface area contributed by atoms with Crippen molar-refractivity contribution in [1.29, 1.82) is 0 Å². The molecule has 0 rings (SSSR count). The maximum atomic E-state index is 0. The third-order valence-corrected chi connectivity index (χ3v) is 0. The Morgan fingerprint density at radius 1 is 0.600 bits per heavy atom. The molecule has 1 radical (unpaired) electrons. The van der Waals surface area contributed by atoms with E-state index in [2.05, 4.69) is 0 Å². The second-order valence-corrected chi connectivity index (χ2v) is 0. The molecule has 0 aromatic rings. The molecule has 0 aromatic heterocycles. The maximum absolute atomic E-state index is 0. The van der Waals surface area contributed by atoms with Crippen LogP contribution in [-0.2, 0) is 16.4 Å². The third-order valence-electron chi connectivity index (χ3n) is 0. The molecule has 0 aliphatic rings. The monoisotopic (exact) mass is 283 g/mol. The fourth-order valence-electron chi connectivity index (χ4n) is 0. The van der Waals surface area contributed by atoms with Crippen molar-refractivity contribution in [1.82, 2.24) is 0 Å². The number of hydrogen-bond donors (Lipinski definition) is 0. The van der Waals surface area contributed by atoms with Gasteiger partial charge in [-0.2, -0.15) is 0 Å². The Hall–Kier alpha value is 1.76. The van der Waals surface area contributed by atoms with Crippen molar-refractivity contribution in [2.45, 2.75) is 0 Å². The van der Waals surface area contributed by atoms with Gasteiger partial charge in [0.05, 0.1) is 0 Å². The van der Waals surface area contributed by atoms with Crippen LogP contribution in [0.15, 0.2) is 0 Å². The molecule has 0 heterocycles. The normalized spacial score (nSPS) is 0. The molecule has 0 atom stereocenters. The van der Waals surface area contributed by atoms with Crippen LogP contribution in [0.3, 0.4) is 0 Å². The first-order chi connectivity index (χ1) is 0. The molecule has 0 N–H and O–H groups in total. The van der Waals surface area contributed by atoms with Crippen LogP contribution in [0.4, 0.5) is 0 Å². The van der Waals surface area contributed by atoms with Gasteiger partial charge in [0.2, 0.25) is 0 Å². The van der Waals surface area contributed by atoms with E-state index in [-0.39, 0.29) is 73.5 Å². The third kappa shape index (κ3) is 26.3. The van der Waals surface area contributed by atoms with Gasteiger partial charge in [0.1, 0.15) is 0 Å². The van der Waals surface area contributed by atoms with Crippen molar-refractivity contribution in [3.63, 3.8) is 0 Å². The quantitative estimate of drug-likeness (QED) is 0.525. The average molecular weight is 285 g/mol. The standard InChI is InChI=1S/Er.Ga.3O/q2*+3;3*-2. The summed E-state index contributed by atoms with van der Waals surface area (Å²) in [5, 5.41) is 0. The van der Waals surface area contributed by atoms with E-state index in [0.717, 1.165) is 0 Å². The summed E-state index contributed by atoms with van der Waals surface area (Å²) in [5.74, 6) is 0. The van der Waals surface area contributed by atoms with Crippen molar-refractivity contribution in [2.75, 3.05) is 0 Å². The van der Waals surface area contributed by atoms with E-state index in [0.29, 0.717) is 0 Å². The molecule has 0 spiro atoms. The van der Waals surface area contributed by atoms with E-state index in [1.165, 1.54) is 0 Å². The first kappa shape index (κ1) is 72.3. The topological polar surface area (TPSA) is 85.5 Å². The van der Waals surface area contributed by atoms with Crippen LogP contribution in [0.5, 0.6) is 0 Å². The summed E-state index contributed by atoms with van der Waals surface area (Å²) < 4.78 is 0. The first-order valence-electron chi connectivity index (χ1n) is 0. The zero-order valence-corrected chi connectivity index (χ0v) is 6.37. The zero-order valence-electron chi connectivity index (χ0n) is 2.09. The van der Waals surface area contributed by atoms with E-state index in [1.54, 1.807) is 0 Å². The average Bonchev–Trinajstić information content (AvgIpc) is 0. The molecule has 0 unspecified atom stereocenters. The van der Waals surface area contributed by atoms with Gasteiger partial charge in [0.15, 0.2) is 0 Å². The van der Waals surface area contributed by atoms with E-state index in [1.807, 2.05) is 0 Å². The van der Waals surface area contributed by atoms with Crippen LogP contribution in [0.25, 0.3) is 0 Å². The molecular weight excluding hydrogens is 285 g/mol. The first-order valence-corrected chi connectivity index (χ1v) is 0. The van der Waals surface area contributed by atoms with Crippen LogP contribution < -0.4 is 0 Å². The molecule has 0 saturated carbocycles. The number of rotatable bonds is 0. The van der Waals surface area contributed by atoms with Crippen LogP contribution in [-0.4, -0.2) is 19.8 Å². The van der Waals surface area contributed by atoms with Gasteiger partial charge >= 0.3 is 57.1 Å². The molecule has 0 aromatic carbocycles. The second kappa shape index (κ2) is 42.1. The van der Waals surface area contributed by atoms with Crippen LogP contribution >= 0.6 is 0 Å². The van der Waals surface area contributed by atoms with E-state index < -0.39 is 0 Å². The summed E-state index contributed by atoms with van der Waals surface area (Å²) in [6, 6.07) is 0. The Morgan fingerprint density at radius 3 is 0.600 bits per heavy atom. The van der Waals surface area contributed by atoms with Gasteiger partial charge in [-0.1, -0.05) is 0 Å². The molecule has 0 aliphatic heterocycles. The van der Waals surface area contributed by atoms with Crippen molar-refractivity contribution >= 4 is 19.8 Å². The minimum atomic E-state index is 0. The van der Waals surface area contributed by atoms with E-state index >= 15 is 0 Å². The summed E-state index contributed by atoms with van der Waals surface area (Å²) >= 11 is 0. The zero-order chi connectivity index (χ0) is 0. The summed E-state index contributed by atoms with van der Waals surface area (Å²) in [4.78, 5) is 0. The molecule has 33 valence electrons. The second-order valence-electron chi connectivity index (χ2n) is 0. The summed E-state index contributed by atoms with van der Waals surface area (Å²) in [6.45, 7) is 0. The molecular formula is ErGaO3. The molecule has 0 saturated heterocycles. The van der Waals surface area contributed by atoms with Gasteiger partial charge in [0.25, 0.3) is 0 Å². The van der Waals surface area contributed by atoms with Crippen molar-refractivity contribution in [3.8, 4) is 0 Å². The van der Waals surface area contributed by atoms with Crippen molar-refractivity contribution < 1.29 is 53.7 Å². The van der Waals surface area contributed by atoms with Gasteiger partial charge in [-0.25, -0.2) is 0 Å². The summed E-state index contributed by atoms with van der Waals surface area (Å²) in [7, 11) is 0. The Labute approximate surface area is 72.7 Å². The fraction of sp³-hybridized carbons (Fsp3) is 0. The molecule has 5 heteroatoms. The largest absolute Gasteiger partial charge is 3.00 e. The van der Waals surface area contributed by atoms with Gasteiger partial charge in [-0.05, 0) is 0 Å². The van der Waals surface area contributed by atoms with E-state index in [9.17, 15) is 0 Å². The molecule has 3 nitrogen and oxygen atoms in total. The minimum Gasteiger partial charge on any atom is -2.00 e. The van der Waals surface area contributed by atoms with Gasteiger partial charge in [-0.3, -0.25) is 0 Å². The summed E-state index contributed by atoms with van der Waals surface area (Å²) in [5.41, 5.74) is 0. The minimum absolute atomic E-state index is 0. The van der Waals surface area contributed by atoms with Crippen LogP contribution in [0, 0.1) is 37.3 Å². The van der Waals surface area contributed by atoms with Crippen LogP contribution in [0.2, 0.25) is 0 Å². The smallest absolute Gasteiger partial charge is 2.00 e. The molecule has 0 bridgehead atoms. The van der Waals surface area contributed by atoms with E-state index in [4.69, 9.17) is 0 Å². The summed E-state index contributed by atoms with van der Waals surface area (Å²) in [6.07, 6.45) is 0. The Kier molecular flexibility index (Phi) is 608. The predicted molar refractivity (Wildman–Crippen MR) is 7.81 cm³/mol. The van der Waals surface area contributed by atoms with Gasteiger partial charge in [-0.15, -0.1) is 0 Å².